The van der Waals surface area contributed by atoms with Gasteiger partial charge in [-0.05, 0) is 13.8 Å². The Bertz CT molecular complexity index is 354. The van der Waals surface area contributed by atoms with Crippen molar-refractivity contribution in [1.29, 1.82) is 0 Å². The minimum atomic E-state index is -0.915. The lowest BCUT2D eigenvalue weighted by Crippen LogP contribution is -2.41. The number of ether oxygens (including phenoxy) is 1. The molecule has 90 valence electrons. The quantitative estimate of drug-likeness (QED) is 0.786. The normalized spacial score (nSPS) is 14.7. The molecular weight excluding hydrogens is 228 g/mol. The highest BCUT2D eigenvalue weighted by atomic mass is 32.1. The van der Waals surface area contributed by atoms with Crippen LogP contribution in [0.1, 0.15) is 23.7 Å². The zero-order valence-electron chi connectivity index (χ0n) is 9.56. The van der Waals surface area contributed by atoms with Gasteiger partial charge in [-0.2, -0.15) is 0 Å². The highest BCUT2D eigenvalue weighted by Crippen LogP contribution is 2.17. The van der Waals surface area contributed by atoms with Gasteiger partial charge in [0.1, 0.15) is 11.0 Å². The van der Waals surface area contributed by atoms with Gasteiger partial charge in [-0.25, -0.2) is 4.98 Å². The van der Waals surface area contributed by atoms with Crippen molar-refractivity contribution in [2.24, 2.45) is 0 Å². The Hall–Kier alpha value is -0.980. The van der Waals surface area contributed by atoms with Crippen LogP contribution in [0.3, 0.4) is 0 Å². The lowest BCUT2D eigenvalue weighted by Gasteiger charge is -2.17. The van der Waals surface area contributed by atoms with E-state index in [1.165, 1.54) is 18.4 Å². The van der Waals surface area contributed by atoms with Crippen LogP contribution in [-0.2, 0) is 9.53 Å². The van der Waals surface area contributed by atoms with Crippen LogP contribution >= 0.6 is 11.3 Å². The lowest BCUT2D eigenvalue weighted by atomic mass is 10.2. The van der Waals surface area contributed by atoms with Crippen molar-refractivity contribution in [3.05, 3.63) is 16.1 Å². The lowest BCUT2D eigenvalue weighted by molar-refractivity contribution is -0.141. The number of methoxy groups -OCH3 is 1. The maximum absolute atomic E-state index is 10.9. The van der Waals surface area contributed by atoms with Gasteiger partial charge in [0.2, 0.25) is 0 Å². The van der Waals surface area contributed by atoms with Crippen LogP contribution in [0.5, 0.6) is 0 Å². The number of nitrogens with zero attached hydrogens (tertiary/aromatic N) is 1. The van der Waals surface area contributed by atoms with E-state index in [1.54, 1.807) is 0 Å². The van der Waals surface area contributed by atoms with Crippen molar-refractivity contribution in [2.45, 2.75) is 25.9 Å². The van der Waals surface area contributed by atoms with E-state index in [0.717, 1.165) is 10.7 Å². The molecule has 5 nitrogen and oxygen atoms in total. The predicted octanol–water partition coefficient (Wildman–Crippen LogP) is 1.20. The number of aryl methyl sites for hydroxylation is 1. The fraction of sp³-hybridized carbons (Fsp3) is 0.600. The Morgan fingerprint density at radius 3 is 2.88 bits per heavy atom. The summed E-state index contributed by atoms with van der Waals surface area (Å²) in [6, 6.07) is -0.792. The second kappa shape index (κ2) is 5.93. The van der Waals surface area contributed by atoms with E-state index in [2.05, 4.69) is 10.3 Å². The van der Waals surface area contributed by atoms with Crippen LogP contribution < -0.4 is 5.32 Å². The van der Waals surface area contributed by atoms with Crippen LogP contribution in [0.25, 0.3) is 0 Å². The topological polar surface area (TPSA) is 71.5 Å². The highest BCUT2D eigenvalue weighted by Gasteiger charge is 2.21. The molecule has 0 aliphatic rings. The summed E-state index contributed by atoms with van der Waals surface area (Å²) in [6.07, 6.45) is 0. The fourth-order valence-electron chi connectivity index (χ4n) is 1.30. The number of carboxylic acid groups (broad SMARTS) is 1. The first-order valence-corrected chi connectivity index (χ1v) is 5.82. The molecule has 0 amide bonds. The summed E-state index contributed by atoms with van der Waals surface area (Å²) in [5.74, 6) is -0.915. The van der Waals surface area contributed by atoms with E-state index < -0.39 is 12.0 Å². The molecule has 0 radical (unpaired) electrons. The zero-order chi connectivity index (χ0) is 12.1. The molecule has 1 rings (SSSR count). The van der Waals surface area contributed by atoms with E-state index in [0.29, 0.717) is 0 Å². The van der Waals surface area contributed by atoms with Crippen LogP contribution in [0.15, 0.2) is 5.38 Å². The van der Waals surface area contributed by atoms with Gasteiger partial charge in [0, 0.05) is 18.2 Å². The van der Waals surface area contributed by atoms with Crippen molar-refractivity contribution in [3.8, 4) is 0 Å². The molecule has 16 heavy (non-hydrogen) atoms. The predicted molar refractivity (Wildman–Crippen MR) is 61.7 cm³/mol. The molecule has 0 aromatic carbocycles. The van der Waals surface area contributed by atoms with Gasteiger partial charge in [-0.3, -0.25) is 10.1 Å². The molecule has 0 fully saturated rings. The molecule has 6 heteroatoms. The third-order valence-electron chi connectivity index (χ3n) is 2.09. The van der Waals surface area contributed by atoms with Gasteiger partial charge < -0.3 is 9.84 Å². The second-order valence-electron chi connectivity index (χ2n) is 3.56. The molecule has 0 bridgehead atoms. The molecule has 1 aromatic heterocycles. The molecule has 2 atom stereocenters. The van der Waals surface area contributed by atoms with Gasteiger partial charge >= 0.3 is 5.97 Å². The minimum absolute atomic E-state index is 0.0880. The third-order valence-corrected chi connectivity index (χ3v) is 3.24. The SMILES string of the molecule is COCC(NC(C)c1nc(C)cs1)C(=O)O. The van der Waals surface area contributed by atoms with Gasteiger partial charge in [-0.15, -0.1) is 11.3 Å². The van der Waals surface area contributed by atoms with E-state index in [1.807, 2.05) is 19.2 Å². The Morgan fingerprint density at radius 1 is 1.75 bits per heavy atom. The smallest absolute Gasteiger partial charge is 0.323 e. The summed E-state index contributed by atoms with van der Waals surface area (Å²) in [5, 5.41) is 14.7. The zero-order valence-corrected chi connectivity index (χ0v) is 10.4. The first-order chi connectivity index (χ1) is 7.54. The standard InChI is InChI=1S/C10H16N2O3S/c1-6-5-16-9(11-6)7(2)12-8(4-15-3)10(13)14/h5,7-8,12H,4H2,1-3H3,(H,13,14). The van der Waals surface area contributed by atoms with Gasteiger partial charge in [0.05, 0.1) is 12.6 Å². The monoisotopic (exact) mass is 244 g/mol. The van der Waals surface area contributed by atoms with E-state index in [9.17, 15) is 4.79 Å². The molecule has 0 aliphatic heterocycles. The van der Waals surface area contributed by atoms with Crippen molar-refractivity contribution in [2.75, 3.05) is 13.7 Å². The molecule has 0 saturated carbocycles. The van der Waals surface area contributed by atoms with Gasteiger partial charge in [0.25, 0.3) is 0 Å². The van der Waals surface area contributed by atoms with Crippen molar-refractivity contribution in [3.63, 3.8) is 0 Å². The first-order valence-electron chi connectivity index (χ1n) is 4.94. The molecule has 2 N–H and O–H groups in total. The number of aromatic nitrogens is 1. The number of rotatable bonds is 6. The number of hydrogen-bond donors (Lipinski definition) is 2. The number of nitrogens with one attached hydrogen (secondary N) is 1. The number of thiazole rings is 1. The molecule has 2 unspecified atom stereocenters. The number of carbonyl (C=O) groups is 1. The van der Waals surface area contributed by atoms with Gasteiger partial charge in [0.15, 0.2) is 0 Å². The maximum Gasteiger partial charge on any atom is 0.323 e. The Kier molecular flexibility index (Phi) is 4.85. The summed E-state index contributed by atoms with van der Waals surface area (Å²) in [7, 11) is 1.48. The van der Waals surface area contributed by atoms with Crippen LogP contribution in [0.2, 0.25) is 0 Å². The average molecular weight is 244 g/mol. The summed E-state index contributed by atoms with van der Waals surface area (Å²) in [6.45, 7) is 3.95. The fourth-order valence-corrected chi connectivity index (χ4v) is 2.11. The largest absolute Gasteiger partial charge is 0.480 e. The maximum atomic E-state index is 10.9. The molecular formula is C10H16N2O3S. The molecule has 1 heterocycles. The minimum Gasteiger partial charge on any atom is -0.480 e. The van der Waals surface area contributed by atoms with Crippen molar-refractivity contribution >= 4 is 17.3 Å². The summed E-state index contributed by atoms with van der Waals surface area (Å²) < 4.78 is 4.85. The second-order valence-corrected chi connectivity index (χ2v) is 4.45. The number of carboxylic acids is 1. The summed E-state index contributed by atoms with van der Waals surface area (Å²) >= 11 is 1.52. The van der Waals surface area contributed by atoms with Crippen molar-refractivity contribution < 1.29 is 14.6 Å². The average Bonchev–Trinajstić information content (AvgIpc) is 2.64. The highest BCUT2D eigenvalue weighted by molar-refractivity contribution is 7.09. The third kappa shape index (κ3) is 3.55. The van der Waals surface area contributed by atoms with E-state index in [-0.39, 0.29) is 12.6 Å². The number of aliphatic carboxylic acids is 1. The van der Waals surface area contributed by atoms with Crippen molar-refractivity contribution in [1.82, 2.24) is 10.3 Å². The molecule has 0 spiro atoms. The first kappa shape index (κ1) is 13.1. The van der Waals surface area contributed by atoms with E-state index in [4.69, 9.17) is 9.84 Å². The Balaban J connectivity index is 2.61. The van der Waals surface area contributed by atoms with Crippen LogP contribution in [0.4, 0.5) is 0 Å². The Morgan fingerprint density at radius 2 is 2.44 bits per heavy atom. The van der Waals surface area contributed by atoms with Crippen LogP contribution in [0, 0.1) is 6.92 Å². The van der Waals surface area contributed by atoms with E-state index >= 15 is 0 Å². The number of hydrogen-bond acceptors (Lipinski definition) is 5. The van der Waals surface area contributed by atoms with Crippen LogP contribution in [-0.4, -0.2) is 35.8 Å². The molecule has 1 aromatic rings. The molecule has 0 aliphatic carbocycles. The molecule has 0 saturated heterocycles. The Labute approximate surface area is 98.5 Å². The summed E-state index contributed by atoms with van der Waals surface area (Å²) in [5.41, 5.74) is 0.951. The van der Waals surface area contributed by atoms with Gasteiger partial charge in [-0.1, -0.05) is 0 Å². The summed E-state index contributed by atoms with van der Waals surface area (Å²) in [4.78, 5) is 15.2.